The summed E-state index contributed by atoms with van der Waals surface area (Å²) in [4.78, 5) is 17.1. The molecule has 1 aliphatic rings. The van der Waals surface area contributed by atoms with Crippen LogP contribution in [0.4, 0.5) is 17.1 Å². The van der Waals surface area contributed by atoms with Crippen molar-refractivity contribution in [2.45, 2.75) is 60.3 Å². The maximum absolute atomic E-state index is 13.8. The van der Waals surface area contributed by atoms with E-state index in [1.165, 1.54) is 29.3 Å². The number of para-hydroxylation sites is 1. The van der Waals surface area contributed by atoms with E-state index in [-0.39, 0.29) is 29.7 Å². The van der Waals surface area contributed by atoms with E-state index in [1.54, 1.807) is 21.9 Å². The van der Waals surface area contributed by atoms with Crippen molar-refractivity contribution >= 4 is 23.0 Å². The number of carbonyl (C=O) groups is 1. The Morgan fingerprint density at radius 2 is 1.50 bits per heavy atom. The van der Waals surface area contributed by atoms with Crippen molar-refractivity contribution in [2.75, 3.05) is 22.9 Å². The Balaban J connectivity index is 1.93. The molecule has 0 unspecified atom stereocenters. The molecular weight excluding hydrogens is 476 g/mol. The topological polar surface area (TPSA) is 84.2 Å². The minimum absolute atomic E-state index is 0.0564. The largest absolute Gasteiger partial charge is 0.508 e. The van der Waals surface area contributed by atoms with Crippen molar-refractivity contribution in [3.8, 4) is 17.2 Å². The first-order valence-corrected chi connectivity index (χ1v) is 13.2. The molecule has 2 aromatic rings. The van der Waals surface area contributed by atoms with Crippen molar-refractivity contribution in [1.29, 1.82) is 0 Å². The number of hydrogen-bond donors (Lipinski definition) is 3. The van der Waals surface area contributed by atoms with Crippen LogP contribution in [-0.4, -0.2) is 34.3 Å². The molecule has 0 saturated heterocycles. The fraction of sp³-hybridized carbons (Fsp3) is 0.344. The molecule has 38 heavy (non-hydrogen) atoms. The maximum Gasteiger partial charge on any atom is 0.260 e. The molecule has 0 saturated carbocycles. The van der Waals surface area contributed by atoms with E-state index in [9.17, 15) is 20.1 Å². The Kier molecular flexibility index (Phi) is 9.83. The van der Waals surface area contributed by atoms with Gasteiger partial charge in [0, 0.05) is 25.2 Å². The molecule has 6 nitrogen and oxygen atoms in total. The summed E-state index contributed by atoms with van der Waals surface area (Å²) in [5.41, 5.74) is 5.24. The third-order valence-corrected chi connectivity index (χ3v) is 6.64. The molecule has 1 aliphatic heterocycles. The van der Waals surface area contributed by atoms with Crippen LogP contribution in [0, 0.1) is 0 Å². The fourth-order valence-corrected chi connectivity index (χ4v) is 4.59. The molecule has 0 atom stereocenters. The molecule has 3 rings (SSSR count). The highest BCUT2D eigenvalue weighted by atomic mass is 16.3. The number of anilines is 3. The monoisotopic (exact) mass is 516 g/mol. The first kappa shape index (κ1) is 28.6. The third kappa shape index (κ3) is 6.88. The summed E-state index contributed by atoms with van der Waals surface area (Å²) in [6.45, 7) is 10.9. The second kappa shape index (κ2) is 13.0. The summed E-state index contributed by atoms with van der Waals surface area (Å²) < 4.78 is 0. The Morgan fingerprint density at radius 3 is 2.18 bits per heavy atom. The van der Waals surface area contributed by atoms with Crippen LogP contribution in [0.15, 0.2) is 77.4 Å². The third-order valence-electron chi connectivity index (χ3n) is 6.64. The second-order valence-corrected chi connectivity index (χ2v) is 10.1. The zero-order chi connectivity index (χ0) is 27.8. The van der Waals surface area contributed by atoms with Gasteiger partial charge in [-0.15, -0.1) is 0 Å². The summed E-state index contributed by atoms with van der Waals surface area (Å²) in [5, 5.41) is 32.0. The molecule has 1 heterocycles. The molecule has 202 valence electrons. The number of phenols is 3. The van der Waals surface area contributed by atoms with Crippen molar-refractivity contribution < 1.29 is 20.1 Å². The lowest BCUT2D eigenvalue weighted by molar-refractivity contribution is 0.0990. The highest BCUT2D eigenvalue weighted by molar-refractivity contribution is 6.15. The van der Waals surface area contributed by atoms with Crippen LogP contribution >= 0.6 is 0 Å². The van der Waals surface area contributed by atoms with Gasteiger partial charge in [-0.05, 0) is 72.4 Å². The number of amides is 1. The number of carbonyl (C=O) groups excluding carboxylic acids is 1. The molecule has 0 radical (unpaired) electrons. The summed E-state index contributed by atoms with van der Waals surface area (Å²) >= 11 is 0. The van der Waals surface area contributed by atoms with Crippen molar-refractivity contribution in [2.24, 2.45) is 0 Å². The van der Waals surface area contributed by atoms with E-state index < -0.39 is 0 Å². The predicted molar refractivity (Wildman–Crippen MR) is 157 cm³/mol. The van der Waals surface area contributed by atoms with Gasteiger partial charge in [0.05, 0.1) is 16.9 Å². The van der Waals surface area contributed by atoms with E-state index in [1.807, 2.05) is 32.1 Å². The van der Waals surface area contributed by atoms with Crippen LogP contribution in [0.3, 0.4) is 0 Å². The van der Waals surface area contributed by atoms with E-state index in [4.69, 9.17) is 0 Å². The van der Waals surface area contributed by atoms with Gasteiger partial charge in [0.1, 0.15) is 22.9 Å². The van der Waals surface area contributed by atoms with Gasteiger partial charge < -0.3 is 25.1 Å². The Morgan fingerprint density at radius 1 is 0.816 bits per heavy atom. The number of hydrogen-bond acceptors (Lipinski definition) is 5. The molecule has 6 heteroatoms. The normalized spacial score (nSPS) is 14.0. The van der Waals surface area contributed by atoms with Gasteiger partial charge in [0.15, 0.2) is 0 Å². The van der Waals surface area contributed by atoms with Gasteiger partial charge in [-0.2, -0.15) is 0 Å². The molecule has 2 aromatic carbocycles. The summed E-state index contributed by atoms with van der Waals surface area (Å²) in [7, 11) is 0. The lowest BCUT2D eigenvalue weighted by Crippen LogP contribution is -2.30. The van der Waals surface area contributed by atoms with Gasteiger partial charge in [-0.1, -0.05) is 53.2 Å². The molecule has 0 fully saturated rings. The van der Waals surface area contributed by atoms with Crippen LogP contribution in [-0.2, 0) is 0 Å². The molecule has 0 spiro atoms. The first-order valence-electron chi connectivity index (χ1n) is 13.2. The van der Waals surface area contributed by atoms with Gasteiger partial charge in [-0.3, -0.25) is 4.79 Å². The fourth-order valence-electron chi connectivity index (χ4n) is 4.59. The average molecular weight is 517 g/mol. The number of benzene rings is 2. The average Bonchev–Trinajstić information content (AvgIpc) is 2.94. The highest BCUT2D eigenvalue weighted by Crippen LogP contribution is 2.50. The van der Waals surface area contributed by atoms with Crippen LogP contribution in [0.5, 0.6) is 17.2 Å². The van der Waals surface area contributed by atoms with E-state index in [0.717, 1.165) is 31.3 Å². The quantitative estimate of drug-likeness (QED) is 0.280. The maximum atomic E-state index is 13.8. The standard InChI is InChI=1S/C32H40N2O4/c1-6-7-18-34-30-26(15-10-16-28(30)36)32(38)33(27-20-25(35)21-29(37)31(27)34)19-17-24(5)14-9-13-23(4)12-8-11-22(2)3/h6-7,10-11,13,15-17,20-21,35-37H,8-9,12,14,18-19H2,1-5H3/b7-6+,23-13+,24-17+. The molecule has 0 bridgehead atoms. The zero-order valence-corrected chi connectivity index (χ0v) is 23.2. The molecular formula is C32H40N2O4. The summed E-state index contributed by atoms with van der Waals surface area (Å²) in [6.07, 6.45) is 14.2. The zero-order valence-electron chi connectivity index (χ0n) is 23.2. The Bertz CT molecular complexity index is 1280. The molecule has 0 aliphatic carbocycles. The lowest BCUT2D eigenvalue weighted by Gasteiger charge is -2.27. The number of allylic oxidation sites excluding steroid dienone is 6. The van der Waals surface area contributed by atoms with Crippen LogP contribution in [0.25, 0.3) is 0 Å². The van der Waals surface area contributed by atoms with Gasteiger partial charge in [0.25, 0.3) is 5.91 Å². The van der Waals surface area contributed by atoms with Crippen LogP contribution in [0.1, 0.15) is 70.7 Å². The summed E-state index contributed by atoms with van der Waals surface area (Å²) in [6, 6.07) is 7.58. The SMILES string of the molecule is C/C=C/CN1c2c(O)cccc2C(=O)N(C/C=C(\C)CC/C=C(\C)CCC=C(C)C)c2cc(O)cc(O)c21. The molecule has 0 aromatic heterocycles. The van der Waals surface area contributed by atoms with Gasteiger partial charge >= 0.3 is 0 Å². The van der Waals surface area contributed by atoms with Crippen LogP contribution < -0.4 is 9.80 Å². The second-order valence-electron chi connectivity index (χ2n) is 10.1. The highest BCUT2D eigenvalue weighted by Gasteiger charge is 2.34. The minimum atomic E-state index is -0.316. The first-order chi connectivity index (χ1) is 18.1. The van der Waals surface area contributed by atoms with E-state index >= 15 is 0 Å². The van der Waals surface area contributed by atoms with Crippen molar-refractivity contribution in [1.82, 2.24) is 0 Å². The number of phenolic OH excluding ortho intramolecular Hbond substituents is 3. The number of nitrogens with zero attached hydrogens (tertiary/aromatic N) is 2. The predicted octanol–water partition coefficient (Wildman–Crippen LogP) is 7.90. The van der Waals surface area contributed by atoms with Crippen LogP contribution in [0.2, 0.25) is 0 Å². The minimum Gasteiger partial charge on any atom is -0.508 e. The van der Waals surface area contributed by atoms with E-state index in [2.05, 4.69) is 32.9 Å². The van der Waals surface area contributed by atoms with E-state index in [0.29, 0.717) is 29.2 Å². The Hall–Kier alpha value is -3.93. The number of rotatable bonds is 10. The molecule has 1 amide bonds. The van der Waals surface area contributed by atoms with Crippen molar-refractivity contribution in [3.63, 3.8) is 0 Å². The van der Waals surface area contributed by atoms with Gasteiger partial charge in [0.2, 0.25) is 0 Å². The smallest absolute Gasteiger partial charge is 0.260 e. The van der Waals surface area contributed by atoms with Gasteiger partial charge in [-0.25, -0.2) is 0 Å². The lowest BCUT2D eigenvalue weighted by atomic mass is 10.1. The Labute approximate surface area is 226 Å². The molecule has 3 N–H and O–H groups in total. The summed E-state index contributed by atoms with van der Waals surface area (Å²) in [5.74, 6) is -0.689. The number of fused-ring (bicyclic) bond motifs is 2. The number of aromatic hydroxyl groups is 3. The van der Waals surface area contributed by atoms with Crippen molar-refractivity contribution in [3.05, 3.63) is 83.0 Å².